The number of rotatable bonds is 9. The summed E-state index contributed by atoms with van der Waals surface area (Å²) in [6.07, 6.45) is 1.37. The van der Waals surface area contributed by atoms with Crippen molar-refractivity contribution in [3.8, 4) is 34.7 Å². The summed E-state index contributed by atoms with van der Waals surface area (Å²) in [7, 11) is 0. The second kappa shape index (κ2) is 12.2. The number of hydrogen-bond donors (Lipinski definition) is 3. The Kier molecular flexibility index (Phi) is 8.73. The minimum atomic E-state index is -0.509. The number of fused-ring (bicyclic) bond motifs is 1. The highest BCUT2D eigenvalue weighted by molar-refractivity contribution is 5.78. The van der Waals surface area contributed by atoms with E-state index in [-0.39, 0.29) is 31.8 Å². The fraction of sp³-hybridized carbons (Fsp3) is 0.429. The third kappa shape index (κ3) is 6.02. The summed E-state index contributed by atoms with van der Waals surface area (Å²) in [5, 5.41) is 35.1. The van der Waals surface area contributed by atoms with E-state index in [1.54, 1.807) is 18.2 Å². The number of nitrogens with one attached hydrogen (secondary N) is 1. The molecule has 1 aromatic heterocycles. The normalized spacial score (nSPS) is 13.4. The standard InChI is InChI=1S/C28H33N5O5/c1-17(2)37-25-7-5-20(12-21(25)13-29)28-31-27(32-38-28)24-6-4-19-8-10-33(11-9-23(19)18(24)3)26(36)14-30-22(15-34)16-35/h4-7,12,17,22,30,34-35H,8-11,14-16H2,1-3H3. The Morgan fingerprint density at radius 2 is 1.97 bits per heavy atom. The summed E-state index contributed by atoms with van der Waals surface area (Å²) in [5.41, 5.74) is 5.28. The molecule has 10 heteroatoms. The quantitative estimate of drug-likeness (QED) is 0.387. The van der Waals surface area contributed by atoms with Gasteiger partial charge in [-0.15, -0.1) is 0 Å². The number of aromatic nitrogens is 2. The third-order valence-electron chi connectivity index (χ3n) is 6.69. The maximum atomic E-state index is 12.7. The van der Waals surface area contributed by atoms with Gasteiger partial charge in [-0.25, -0.2) is 0 Å². The van der Waals surface area contributed by atoms with Crippen LogP contribution in [-0.2, 0) is 17.6 Å². The molecule has 0 aliphatic carbocycles. The Hall–Kier alpha value is -3.78. The molecule has 1 aliphatic rings. The van der Waals surface area contributed by atoms with Gasteiger partial charge in [-0.3, -0.25) is 4.79 Å². The van der Waals surface area contributed by atoms with Crippen LogP contribution in [0.1, 0.15) is 36.1 Å². The molecule has 0 atom stereocenters. The molecule has 0 bridgehead atoms. The molecule has 0 fully saturated rings. The van der Waals surface area contributed by atoms with E-state index in [0.717, 1.165) is 17.5 Å². The topological polar surface area (TPSA) is 145 Å². The smallest absolute Gasteiger partial charge is 0.258 e. The molecule has 3 aromatic rings. The summed E-state index contributed by atoms with van der Waals surface area (Å²) in [6, 6.07) is 10.9. The van der Waals surface area contributed by atoms with Gasteiger partial charge in [0.05, 0.1) is 37.5 Å². The number of amides is 1. The average Bonchev–Trinajstić information content (AvgIpc) is 3.29. The lowest BCUT2D eigenvalue weighted by Gasteiger charge is -2.22. The van der Waals surface area contributed by atoms with E-state index in [0.29, 0.717) is 48.1 Å². The van der Waals surface area contributed by atoms with Crippen molar-refractivity contribution in [2.45, 2.75) is 45.8 Å². The van der Waals surface area contributed by atoms with Crippen LogP contribution in [0, 0.1) is 18.3 Å². The van der Waals surface area contributed by atoms with Crippen LogP contribution >= 0.6 is 0 Å². The van der Waals surface area contributed by atoms with Crippen molar-refractivity contribution < 1.29 is 24.3 Å². The molecule has 200 valence electrons. The highest BCUT2D eigenvalue weighted by Crippen LogP contribution is 2.31. The minimum absolute atomic E-state index is 0.0501. The van der Waals surface area contributed by atoms with Gasteiger partial charge in [-0.2, -0.15) is 10.2 Å². The summed E-state index contributed by atoms with van der Waals surface area (Å²) in [5.74, 6) is 1.22. The molecule has 0 spiro atoms. The molecule has 10 nitrogen and oxygen atoms in total. The Morgan fingerprint density at radius 3 is 2.68 bits per heavy atom. The molecular weight excluding hydrogens is 486 g/mol. The van der Waals surface area contributed by atoms with E-state index >= 15 is 0 Å². The molecule has 1 amide bonds. The number of carbonyl (C=O) groups excluding carboxylic acids is 1. The van der Waals surface area contributed by atoms with Gasteiger partial charge >= 0.3 is 0 Å². The molecule has 1 aliphatic heterocycles. The van der Waals surface area contributed by atoms with Gasteiger partial charge < -0.3 is 29.7 Å². The van der Waals surface area contributed by atoms with Crippen LogP contribution in [0.2, 0.25) is 0 Å². The predicted molar refractivity (Wildman–Crippen MR) is 140 cm³/mol. The first-order chi connectivity index (χ1) is 18.3. The number of carbonyl (C=O) groups is 1. The second-order valence-electron chi connectivity index (χ2n) is 9.61. The number of ether oxygens (including phenoxy) is 1. The van der Waals surface area contributed by atoms with Crippen molar-refractivity contribution in [2.75, 3.05) is 32.8 Å². The lowest BCUT2D eigenvalue weighted by Crippen LogP contribution is -2.45. The first-order valence-electron chi connectivity index (χ1n) is 12.7. The van der Waals surface area contributed by atoms with Crippen LogP contribution in [0.5, 0.6) is 5.75 Å². The van der Waals surface area contributed by atoms with Gasteiger partial charge in [0.15, 0.2) is 0 Å². The number of aliphatic hydroxyl groups is 2. The Bertz CT molecular complexity index is 1330. The first kappa shape index (κ1) is 27.3. The third-order valence-corrected chi connectivity index (χ3v) is 6.69. The maximum absolute atomic E-state index is 12.7. The predicted octanol–water partition coefficient (Wildman–Crippen LogP) is 2.24. The number of nitrogens with zero attached hydrogens (tertiary/aromatic N) is 4. The molecule has 38 heavy (non-hydrogen) atoms. The molecule has 2 heterocycles. The van der Waals surface area contributed by atoms with Crippen molar-refractivity contribution in [2.24, 2.45) is 0 Å². The SMILES string of the molecule is Cc1c(-c2noc(-c3ccc(OC(C)C)c(C#N)c3)n2)ccc2c1CCN(C(=O)CNC(CO)CO)CC2. The second-order valence-corrected chi connectivity index (χ2v) is 9.61. The van der Waals surface area contributed by atoms with E-state index in [9.17, 15) is 20.3 Å². The van der Waals surface area contributed by atoms with Crippen LogP contribution in [0.3, 0.4) is 0 Å². The first-order valence-corrected chi connectivity index (χ1v) is 12.7. The zero-order chi connectivity index (χ0) is 27.2. The van der Waals surface area contributed by atoms with E-state index in [1.165, 1.54) is 11.1 Å². The van der Waals surface area contributed by atoms with Crippen molar-refractivity contribution in [3.05, 3.63) is 52.6 Å². The number of benzene rings is 2. The van der Waals surface area contributed by atoms with Gasteiger partial charge in [0.25, 0.3) is 5.89 Å². The monoisotopic (exact) mass is 519 g/mol. The zero-order valence-corrected chi connectivity index (χ0v) is 21.9. The highest BCUT2D eigenvalue weighted by Gasteiger charge is 2.23. The van der Waals surface area contributed by atoms with Gasteiger partial charge in [0.2, 0.25) is 11.7 Å². The minimum Gasteiger partial charge on any atom is -0.490 e. The van der Waals surface area contributed by atoms with Crippen LogP contribution in [0.15, 0.2) is 34.9 Å². The Labute approximate surface area is 221 Å². The summed E-state index contributed by atoms with van der Waals surface area (Å²) in [6.45, 7) is 6.61. The van der Waals surface area contributed by atoms with Crippen LogP contribution in [-0.4, -0.2) is 76.2 Å². The zero-order valence-electron chi connectivity index (χ0n) is 21.9. The highest BCUT2D eigenvalue weighted by atomic mass is 16.5. The summed E-state index contributed by atoms with van der Waals surface area (Å²) in [4.78, 5) is 19.1. The summed E-state index contributed by atoms with van der Waals surface area (Å²) >= 11 is 0. The van der Waals surface area contributed by atoms with E-state index in [2.05, 4.69) is 27.6 Å². The number of hydrogen-bond acceptors (Lipinski definition) is 9. The number of nitriles is 1. The van der Waals surface area contributed by atoms with E-state index < -0.39 is 6.04 Å². The van der Waals surface area contributed by atoms with Gasteiger partial charge in [0.1, 0.15) is 11.8 Å². The van der Waals surface area contributed by atoms with Crippen LogP contribution in [0.4, 0.5) is 0 Å². The largest absolute Gasteiger partial charge is 0.490 e. The molecule has 0 radical (unpaired) electrons. The van der Waals surface area contributed by atoms with Crippen LogP contribution in [0.25, 0.3) is 22.8 Å². The molecule has 3 N–H and O–H groups in total. The summed E-state index contributed by atoms with van der Waals surface area (Å²) < 4.78 is 11.3. The molecule has 2 aromatic carbocycles. The molecule has 0 unspecified atom stereocenters. The van der Waals surface area contributed by atoms with Gasteiger partial charge in [-0.05, 0) is 68.5 Å². The van der Waals surface area contributed by atoms with Crippen molar-refractivity contribution in [3.63, 3.8) is 0 Å². The Morgan fingerprint density at radius 1 is 1.21 bits per heavy atom. The van der Waals surface area contributed by atoms with Crippen molar-refractivity contribution >= 4 is 5.91 Å². The number of aliphatic hydroxyl groups excluding tert-OH is 2. The average molecular weight is 520 g/mol. The maximum Gasteiger partial charge on any atom is 0.258 e. The van der Waals surface area contributed by atoms with Gasteiger partial charge in [0, 0.05) is 24.2 Å². The van der Waals surface area contributed by atoms with E-state index in [4.69, 9.17) is 9.26 Å². The molecule has 0 saturated heterocycles. The van der Waals surface area contributed by atoms with Crippen LogP contribution < -0.4 is 10.1 Å². The lowest BCUT2D eigenvalue weighted by molar-refractivity contribution is -0.130. The van der Waals surface area contributed by atoms with Gasteiger partial charge in [-0.1, -0.05) is 17.3 Å². The van der Waals surface area contributed by atoms with E-state index in [1.807, 2.05) is 31.7 Å². The lowest BCUT2D eigenvalue weighted by atomic mass is 9.93. The van der Waals surface area contributed by atoms with Crippen molar-refractivity contribution in [1.29, 1.82) is 5.26 Å². The fourth-order valence-electron chi connectivity index (χ4n) is 4.59. The fourth-order valence-corrected chi connectivity index (χ4v) is 4.59. The Balaban J connectivity index is 1.51. The molecule has 4 rings (SSSR count). The molecular formula is C28H33N5O5. The van der Waals surface area contributed by atoms with Crippen molar-refractivity contribution in [1.82, 2.24) is 20.4 Å². The molecule has 0 saturated carbocycles.